The third-order valence-corrected chi connectivity index (χ3v) is 6.46. The summed E-state index contributed by atoms with van der Waals surface area (Å²) in [7, 11) is -3.47. The molecule has 0 saturated heterocycles. The van der Waals surface area contributed by atoms with Crippen LogP contribution in [0.5, 0.6) is 5.75 Å². The van der Waals surface area contributed by atoms with Crippen LogP contribution in [0, 0.1) is 13.8 Å². The Hall–Kier alpha value is -3.04. The zero-order valence-corrected chi connectivity index (χ0v) is 20.4. The highest BCUT2D eigenvalue weighted by molar-refractivity contribution is 7.92. The molecule has 1 atom stereocenters. The van der Waals surface area contributed by atoms with Crippen molar-refractivity contribution in [1.82, 2.24) is 10.3 Å². The van der Waals surface area contributed by atoms with Crippen LogP contribution < -0.4 is 14.8 Å². The fourth-order valence-electron chi connectivity index (χ4n) is 3.01. The van der Waals surface area contributed by atoms with Crippen molar-refractivity contribution in [3.63, 3.8) is 0 Å². The number of carbonyl (C=O) groups is 1. The fourth-order valence-corrected chi connectivity index (χ4v) is 3.89. The highest BCUT2D eigenvalue weighted by Gasteiger charge is 2.20. The molecule has 10 heteroatoms. The first-order valence-electron chi connectivity index (χ1n) is 10.4. The molecule has 0 aliphatic heterocycles. The van der Waals surface area contributed by atoms with Gasteiger partial charge in [-0.1, -0.05) is 23.7 Å². The van der Waals surface area contributed by atoms with Crippen LogP contribution in [0.15, 0.2) is 46.9 Å². The molecule has 176 valence electrons. The summed E-state index contributed by atoms with van der Waals surface area (Å²) in [5.74, 6) is 0.976. The second-order valence-electron chi connectivity index (χ2n) is 7.46. The van der Waals surface area contributed by atoms with Crippen molar-refractivity contribution in [2.45, 2.75) is 40.3 Å². The summed E-state index contributed by atoms with van der Waals surface area (Å²) in [6.45, 7) is 6.92. The summed E-state index contributed by atoms with van der Waals surface area (Å²) < 4.78 is 38.1. The summed E-state index contributed by atoms with van der Waals surface area (Å²) in [6.07, 6.45) is -0.735. The molecule has 1 aromatic heterocycles. The Morgan fingerprint density at radius 2 is 1.94 bits per heavy atom. The maximum absolute atomic E-state index is 12.5. The molecule has 0 radical (unpaired) electrons. The molecule has 2 N–H and O–H groups in total. The molecule has 8 nitrogen and oxygen atoms in total. The number of hydrogen-bond donors (Lipinski definition) is 2. The van der Waals surface area contributed by atoms with E-state index in [-0.39, 0.29) is 24.1 Å². The summed E-state index contributed by atoms with van der Waals surface area (Å²) in [5, 5.41) is 3.39. The molecule has 0 saturated carbocycles. The van der Waals surface area contributed by atoms with E-state index in [0.717, 1.165) is 5.56 Å². The van der Waals surface area contributed by atoms with Crippen LogP contribution in [0.25, 0.3) is 11.5 Å². The Morgan fingerprint density at radius 1 is 1.21 bits per heavy atom. The second kappa shape index (κ2) is 10.3. The van der Waals surface area contributed by atoms with E-state index < -0.39 is 16.1 Å². The maximum atomic E-state index is 12.5. The zero-order valence-electron chi connectivity index (χ0n) is 18.8. The van der Waals surface area contributed by atoms with Gasteiger partial charge in [-0.05, 0) is 63.6 Å². The SMILES string of the molecule is CCS(=O)(=O)Nc1ccccc1-c1nc(CNC(=O)[C@@H](C)Oc2ccc(Cl)cc2C)c(C)o1. The Balaban J connectivity index is 1.70. The van der Waals surface area contributed by atoms with Crippen molar-refractivity contribution in [3.8, 4) is 17.2 Å². The minimum Gasteiger partial charge on any atom is -0.481 e. The third kappa shape index (κ3) is 6.27. The lowest BCUT2D eigenvalue weighted by Crippen LogP contribution is -2.36. The number of aromatic nitrogens is 1. The van der Waals surface area contributed by atoms with E-state index in [1.54, 1.807) is 63.2 Å². The predicted octanol–water partition coefficient (Wildman–Crippen LogP) is 4.46. The molecular formula is C23H26ClN3O5S. The molecule has 2 aromatic carbocycles. The van der Waals surface area contributed by atoms with Crippen LogP contribution in [0.4, 0.5) is 5.69 Å². The van der Waals surface area contributed by atoms with E-state index in [1.807, 2.05) is 6.92 Å². The Morgan fingerprint density at radius 3 is 2.64 bits per heavy atom. The first-order valence-corrected chi connectivity index (χ1v) is 12.4. The van der Waals surface area contributed by atoms with Crippen molar-refractivity contribution in [3.05, 3.63) is 64.5 Å². The number of hydrogen-bond acceptors (Lipinski definition) is 6. The molecule has 0 fully saturated rings. The normalized spacial score (nSPS) is 12.3. The monoisotopic (exact) mass is 491 g/mol. The van der Waals surface area contributed by atoms with Crippen LogP contribution >= 0.6 is 11.6 Å². The number of benzene rings is 2. The average molecular weight is 492 g/mol. The lowest BCUT2D eigenvalue weighted by atomic mass is 10.2. The van der Waals surface area contributed by atoms with Gasteiger partial charge in [-0.25, -0.2) is 13.4 Å². The highest BCUT2D eigenvalue weighted by atomic mass is 35.5. The number of nitrogens with zero attached hydrogens (tertiary/aromatic N) is 1. The van der Waals surface area contributed by atoms with Crippen molar-refractivity contribution in [2.75, 3.05) is 10.5 Å². The number of amides is 1. The summed E-state index contributed by atoms with van der Waals surface area (Å²) in [4.78, 5) is 17.0. The highest BCUT2D eigenvalue weighted by Crippen LogP contribution is 2.29. The van der Waals surface area contributed by atoms with E-state index in [4.69, 9.17) is 20.8 Å². The van der Waals surface area contributed by atoms with Gasteiger partial charge in [0.25, 0.3) is 5.91 Å². The Bertz CT molecular complexity index is 1260. The van der Waals surface area contributed by atoms with Crippen molar-refractivity contribution in [2.24, 2.45) is 0 Å². The lowest BCUT2D eigenvalue weighted by Gasteiger charge is -2.16. The summed E-state index contributed by atoms with van der Waals surface area (Å²) in [5.41, 5.74) is 2.24. The predicted molar refractivity (Wildman–Crippen MR) is 128 cm³/mol. The first kappa shape index (κ1) is 24.6. The number of carbonyl (C=O) groups excluding carboxylic acids is 1. The van der Waals surface area contributed by atoms with E-state index in [1.165, 1.54) is 0 Å². The van der Waals surface area contributed by atoms with Gasteiger partial charge in [0.15, 0.2) is 6.10 Å². The number of ether oxygens (including phenoxy) is 1. The van der Waals surface area contributed by atoms with Crippen molar-refractivity contribution in [1.29, 1.82) is 0 Å². The zero-order chi connectivity index (χ0) is 24.2. The van der Waals surface area contributed by atoms with Crippen LogP contribution in [0.3, 0.4) is 0 Å². The minimum atomic E-state index is -3.47. The Labute approximate surface area is 198 Å². The molecule has 1 amide bonds. The van der Waals surface area contributed by atoms with Crippen molar-refractivity contribution >= 4 is 33.2 Å². The number of sulfonamides is 1. The first-order chi connectivity index (χ1) is 15.6. The van der Waals surface area contributed by atoms with Crippen molar-refractivity contribution < 1.29 is 22.4 Å². The molecule has 0 bridgehead atoms. The van der Waals surface area contributed by atoms with E-state index in [0.29, 0.717) is 33.5 Å². The maximum Gasteiger partial charge on any atom is 0.261 e. The van der Waals surface area contributed by atoms with Gasteiger partial charge < -0.3 is 14.5 Å². The van der Waals surface area contributed by atoms with Crippen LogP contribution in [-0.4, -0.2) is 31.2 Å². The van der Waals surface area contributed by atoms with Gasteiger partial charge in [0.2, 0.25) is 15.9 Å². The quantitative estimate of drug-likeness (QED) is 0.457. The number of rotatable bonds is 9. The van der Waals surface area contributed by atoms with Crippen LogP contribution in [-0.2, 0) is 21.4 Å². The minimum absolute atomic E-state index is 0.0565. The molecule has 3 rings (SSSR count). The molecule has 33 heavy (non-hydrogen) atoms. The summed E-state index contributed by atoms with van der Waals surface area (Å²) in [6, 6.07) is 12.0. The van der Waals surface area contributed by atoms with Gasteiger partial charge in [-0.2, -0.15) is 0 Å². The fraction of sp³-hybridized carbons (Fsp3) is 0.304. The van der Waals surface area contributed by atoms with Gasteiger partial charge >= 0.3 is 0 Å². The van der Waals surface area contributed by atoms with Gasteiger partial charge in [-0.3, -0.25) is 9.52 Å². The largest absolute Gasteiger partial charge is 0.481 e. The molecule has 1 heterocycles. The van der Waals surface area contributed by atoms with E-state index in [2.05, 4.69) is 15.0 Å². The molecule has 0 unspecified atom stereocenters. The topological polar surface area (TPSA) is 111 Å². The summed E-state index contributed by atoms with van der Waals surface area (Å²) >= 11 is 5.96. The molecular weight excluding hydrogens is 466 g/mol. The number of oxazole rings is 1. The van der Waals surface area contributed by atoms with Crippen LogP contribution in [0.1, 0.15) is 30.9 Å². The number of anilines is 1. The van der Waals surface area contributed by atoms with Gasteiger partial charge in [0.1, 0.15) is 17.2 Å². The number of halogens is 1. The molecule has 3 aromatic rings. The molecule has 0 aliphatic rings. The Kier molecular flexibility index (Phi) is 7.65. The smallest absolute Gasteiger partial charge is 0.261 e. The third-order valence-electron chi connectivity index (χ3n) is 4.94. The van der Waals surface area contributed by atoms with Gasteiger partial charge in [-0.15, -0.1) is 0 Å². The molecule has 0 spiro atoms. The van der Waals surface area contributed by atoms with E-state index >= 15 is 0 Å². The van der Waals surface area contributed by atoms with Gasteiger partial charge in [0.05, 0.1) is 23.5 Å². The second-order valence-corrected chi connectivity index (χ2v) is 9.91. The van der Waals surface area contributed by atoms with Crippen LogP contribution in [0.2, 0.25) is 5.02 Å². The van der Waals surface area contributed by atoms with E-state index in [9.17, 15) is 13.2 Å². The average Bonchev–Trinajstić information content (AvgIpc) is 3.14. The molecule has 0 aliphatic carbocycles. The van der Waals surface area contributed by atoms with Gasteiger partial charge in [0, 0.05) is 5.02 Å². The number of nitrogens with one attached hydrogen (secondary N) is 2. The number of para-hydroxylation sites is 1. The number of aryl methyl sites for hydroxylation is 2. The standard InChI is InChI=1S/C23H26ClN3O5S/c1-5-33(29,30)27-19-9-7-6-8-18(19)23-26-20(15(3)32-23)13-25-22(28)16(4)31-21-11-10-17(24)12-14(21)2/h6-12,16,27H,5,13H2,1-4H3,(H,25,28)/t16-/m1/s1. The lowest BCUT2D eigenvalue weighted by molar-refractivity contribution is -0.127.